The van der Waals surface area contributed by atoms with Gasteiger partial charge in [-0.2, -0.15) is 0 Å². The molecule has 5 aromatic carbocycles. The van der Waals surface area contributed by atoms with Crippen molar-refractivity contribution < 1.29 is 0 Å². The quantitative estimate of drug-likeness (QED) is 0.184. The molecule has 5 nitrogen and oxygen atoms in total. The highest BCUT2D eigenvalue weighted by Gasteiger charge is 2.20. The molecule has 0 N–H and O–H groups in total. The van der Waals surface area contributed by atoms with Crippen molar-refractivity contribution in [2.24, 2.45) is 0 Å². The van der Waals surface area contributed by atoms with Crippen molar-refractivity contribution in [3.8, 4) is 50.8 Å². The van der Waals surface area contributed by atoms with E-state index >= 15 is 0 Å². The summed E-state index contributed by atoms with van der Waals surface area (Å²) >= 11 is 0. The number of rotatable bonds is 5. The Balaban J connectivity index is 1.27. The summed E-state index contributed by atoms with van der Waals surface area (Å²) in [5.74, 6) is 0.897. The van der Waals surface area contributed by atoms with Crippen LogP contribution < -0.4 is 0 Å². The summed E-state index contributed by atoms with van der Waals surface area (Å²) in [4.78, 5) is 19.8. The van der Waals surface area contributed by atoms with Crippen LogP contribution in [-0.2, 0) is 0 Å². The highest BCUT2D eigenvalue weighted by molar-refractivity contribution is 6.20. The Morgan fingerprint density at radius 3 is 1.85 bits per heavy atom. The van der Waals surface area contributed by atoms with Crippen molar-refractivity contribution in [2.45, 2.75) is 0 Å². The molecule has 4 heterocycles. The zero-order valence-corrected chi connectivity index (χ0v) is 25.3. The van der Waals surface area contributed by atoms with Crippen LogP contribution in [0.5, 0.6) is 0 Å². The van der Waals surface area contributed by atoms with E-state index in [9.17, 15) is 0 Å². The molecule has 0 radical (unpaired) electrons. The first-order valence-corrected chi connectivity index (χ1v) is 15.6. The minimum absolute atomic E-state index is 0.897. The molecule has 9 aromatic rings. The number of nitrogens with zero attached hydrogens (tertiary/aromatic N) is 5. The summed E-state index contributed by atoms with van der Waals surface area (Å²) in [6.45, 7) is 0. The minimum Gasteiger partial charge on any atom is -0.292 e. The largest absolute Gasteiger partial charge is 0.292 e. The van der Waals surface area contributed by atoms with Crippen molar-refractivity contribution in [3.63, 3.8) is 0 Å². The Labute approximate surface area is 271 Å². The molecule has 0 saturated heterocycles. The van der Waals surface area contributed by atoms with E-state index in [1.165, 1.54) is 0 Å². The van der Waals surface area contributed by atoms with Gasteiger partial charge in [0.1, 0.15) is 5.82 Å². The van der Waals surface area contributed by atoms with E-state index in [2.05, 4.69) is 119 Å². The smallest absolute Gasteiger partial charge is 0.145 e. The average Bonchev–Trinajstić information content (AvgIpc) is 3.56. The van der Waals surface area contributed by atoms with Gasteiger partial charge in [-0.1, -0.05) is 103 Å². The van der Waals surface area contributed by atoms with Crippen molar-refractivity contribution in [3.05, 3.63) is 164 Å². The molecule has 4 aromatic heterocycles. The van der Waals surface area contributed by atoms with Gasteiger partial charge in [-0.15, -0.1) is 0 Å². The predicted octanol–water partition coefficient (Wildman–Crippen LogP) is 10.2. The monoisotopic (exact) mass is 601 g/mol. The van der Waals surface area contributed by atoms with Crippen LogP contribution in [0.3, 0.4) is 0 Å². The first-order chi connectivity index (χ1) is 23.3. The zero-order valence-electron chi connectivity index (χ0n) is 25.3. The first kappa shape index (κ1) is 26.9. The predicted molar refractivity (Wildman–Crippen MR) is 191 cm³/mol. The Bertz CT molecular complexity index is 2540. The van der Waals surface area contributed by atoms with Crippen molar-refractivity contribution in [1.29, 1.82) is 0 Å². The summed E-state index contributed by atoms with van der Waals surface area (Å²) in [6, 6.07) is 52.3. The number of hydrogen-bond donors (Lipinski definition) is 0. The lowest BCUT2D eigenvalue weighted by Gasteiger charge is -2.13. The average molecular weight is 602 g/mol. The van der Waals surface area contributed by atoms with Crippen LogP contribution in [-0.4, -0.2) is 24.5 Å². The Morgan fingerprint density at radius 2 is 1.09 bits per heavy atom. The number of para-hydroxylation sites is 2. The number of aromatic nitrogens is 5. The third-order valence-corrected chi connectivity index (χ3v) is 8.72. The van der Waals surface area contributed by atoms with E-state index in [-0.39, 0.29) is 0 Å². The lowest BCUT2D eigenvalue weighted by molar-refractivity contribution is 1.10. The number of hydrogen-bond acceptors (Lipinski definition) is 4. The van der Waals surface area contributed by atoms with Gasteiger partial charge in [0.25, 0.3) is 0 Å². The summed E-state index contributed by atoms with van der Waals surface area (Å²) in [5, 5.41) is 3.28. The zero-order chi connectivity index (χ0) is 31.2. The SMILES string of the molecule is c1ccc(-c2nc3c4c(-c5ccc(-c6cccc(-c7ccncc7)n6)cc5)nc5ccccc5c4ccc3n2-c2ccccc2)cc1. The molecule has 0 unspecified atom stereocenters. The van der Waals surface area contributed by atoms with Crippen LogP contribution in [0.25, 0.3) is 83.6 Å². The van der Waals surface area contributed by atoms with Crippen LogP contribution in [0.1, 0.15) is 0 Å². The van der Waals surface area contributed by atoms with Crippen LogP contribution >= 0.6 is 0 Å². The van der Waals surface area contributed by atoms with E-state index in [0.29, 0.717) is 0 Å². The molecule has 0 fully saturated rings. The van der Waals surface area contributed by atoms with Gasteiger partial charge in [0.15, 0.2) is 0 Å². The Morgan fingerprint density at radius 1 is 0.426 bits per heavy atom. The maximum absolute atomic E-state index is 5.39. The molecule has 5 heteroatoms. The van der Waals surface area contributed by atoms with Gasteiger partial charge in [0.2, 0.25) is 0 Å². The minimum atomic E-state index is 0.897. The molecule has 0 aliphatic carbocycles. The number of benzene rings is 5. The van der Waals surface area contributed by atoms with Crippen LogP contribution in [0.4, 0.5) is 0 Å². The van der Waals surface area contributed by atoms with Crippen LogP contribution in [0, 0.1) is 0 Å². The van der Waals surface area contributed by atoms with E-state index in [1.54, 1.807) is 12.4 Å². The second-order valence-corrected chi connectivity index (χ2v) is 11.5. The molecular formula is C42H27N5. The van der Waals surface area contributed by atoms with Gasteiger partial charge < -0.3 is 0 Å². The van der Waals surface area contributed by atoms with Gasteiger partial charge >= 0.3 is 0 Å². The molecule has 0 aliphatic rings. The van der Waals surface area contributed by atoms with Crippen LogP contribution in [0.2, 0.25) is 0 Å². The maximum atomic E-state index is 5.39. The molecule has 0 atom stereocenters. The molecule has 0 bridgehead atoms. The standard InChI is InChI=1S/C42H27N5/c1-3-10-31(11-4-1)42-46-41-38(47(42)32-12-5-2-6-13-32)23-22-34-33-14-7-8-15-37(33)45-40(39(34)41)30-20-18-28(19-21-30)35-16-9-17-36(44-35)29-24-26-43-27-25-29/h1-27H. The van der Waals surface area contributed by atoms with Crippen LogP contribution in [0.15, 0.2) is 164 Å². The topological polar surface area (TPSA) is 56.5 Å². The number of pyridine rings is 3. The third kappa shape index (κ3) is 4.64. The summed E-state index contributed by atoms with van der Waals surface area (Å²) in [6.07, 6.45) is 3.59. The number of fused-ring (bicyclic) bond motifs is 5. The molecule has 0 aliphatic heterocycles. The second-order valence-electron chi connectivity index (χ2n) is 11.5. The molecular weight excluding hydrogens is 574 g/mol. The fourth-order valence-corrected chi connectivity index (χ4v) is 6.49. The molecule has 220 valence electrons. The summed E-state index contributed by atoms with van der Waals surface area (Å²) in [7, 11) is 0. The Kier molecular flexibility index (Phi) is 6.39. The highest BCUT2D eigenvalue weighted by atomic mass is 15.1. The van der Waals surface area contributed by atoms with E-state index < -0.39 is 0 Å². The van der Waals surface area contributed by atoms with Crippen molar-refractivity contribution in [2.75, 3.05) is 0 Å². The summed E-state index contributed by atoms with van der Waals surface area (Å²) < 4.78 is 2.26. The lowest BCUT2D eigenvalue weighted by Crippen LogP contribution is -1.97. The third-order valence-electron chi connectivity index (χ3n) is 8.72. The van der Waals surface area contributed by atoms with Crippen molar-refractivity contribution >= 4 is 32.7 Å². The lowest BCUT2D eigenvalue weighted by atomic mass is 9.97. The normalized spacial score (nSPS) is 11.4. The number of imidazole rings is 1. The fraction of sp³-hybridized carbons (Fsp3) is 0. The van der Waals surface area contributed by atoms with Gasteiger partial charge in [0, 0.05) is 51.1 Å². The molecule has 0 saturated carbocycles. The van der Waals surface area contributed by atoms with E-state index in [4.69, 9.17) is 15.0 Å². The van der Waals surface area contributed by atoms with Gasteiger partial charge in [0.05, 0.1) is 33.6 Å². The van der Waals surface area contributed by atoms with Gasteiger partial charge in [-0.05, 0) is 53.9 Å². The second kappa shape index (κ2) is 11.2. The maximum Gasteiger partial charge on any atom is 0.145 e. The molecule has 9 rings (SSSR count). The first-order valence-electron chi connectivity index (χ1n) is 15.6. The Hall–Kier alpha value is -6.46. The molecule has 0 amide bonds. The van der Waals surface area contributed by atoms with Gasteiger partial charge in [-0.3, -0.25) is 9.55 Å². The fourth-order valence-electron chi connectivity index (χ4n) is 6.49. The highest BCUT2D eigenvalue weighted by Crippen LogP contribution is 2.40. The van der Waals surface area contributed by atoms with Crippen molar-refractivity contribution in [1.82, 2.24) is 24.5 Å². The molecule has 47 heavy (non-hydrogen) atoms. The van der Waals surface area contributed by atoms with E-state index in [1.807, 2.05) is 42.5 Å². The van der Waals surface area contributed by atoms with E-state index in [0.717, 1.165) is 83.6 Å². The molecule has 0 spiro atoms. The summed E-state index contributed by atoms with van der Waals surface area (Å²) in [5.41, 5.74) is 10.9. The van der Waals surface area contributed by atoms with Gasteiger partial charge in [-0.25, -0.2) is 15.0 Å².